The third-order valence-corrected chi connectivity index (χ3v) is 3.11. The van der Waals surface area contributed by atoms with Crippen LogP contribution in [-0.2, 0) is 13.5 Å². The maximum Gasteiger partial charge on any atom is 0.0628 e. The quantitative estimate of drug-likeness (QED) is 0.591. The average Bonchev–Trinajstić information content (AvgIpc) is 2.46. The number of nitrogens with two attached hydrogens (primary N) is 1. The summed E-state index contributed by atoms with van der Waals surface area (Å²) in [6, 6.07) is 0.238. The van der Waals surface area contributed by atoms with Crippen molar-refractivity contribution in [3.05, 3.63) is 29.6 Å². The summed E-state index contributed by atoms with van der Waals surface area (Å²) in [5.74, 6) is 0. The normalized spacial score (nSPS) is 12.8. The van der Waals surface area contributed by atoms with Crippen molar-refractivity contribution in [2.45, 2.75) is 45.6 Å². The molecule has 0 fully saturated rings. The number of rotatable bonds is 6. The van der Waals surface area contributed by atoms with Gasteiger partial charge in [-0.1, -0.05) is 6.08 Å². The first-order chi connectivity index (χ1) is 7.56. The number of hydrogen-bond donors (Lipinski definition) is 1. The third-order valence-electron chi connectivity index (χ3n) is 3.11. The van der Waals surface area contributed by atoms with E-state index < -0.39 is 0 Å². The molecule has 3 heteroatoms. The van der Waals surface area contributed by atoms with Gasteiger partial charge in [0.05, 0.1) is 5.69 Å². The van der Waals surface area contributed by atoms with Crippen molar-refractivity contribution < 1.29 is 0 Å². The van der Waals surface area contributed by atoms with Crippen molar-refractivity contribution in [1.82, 2.24) is 9.78 Å². The summed E-state index contributed by atoms with van der Waals surface area (Å²) in [5.41, 5.74) is 9.78. The topological polar surface area (TPSA) is 43.8 Å². The summed E-state index contributed by atoms with van der Waals surface area (Å²) in [4.78, 5) is 0. The standard InChI is InChI=1S/C13H23N3/c1-5-6-7-8-12(14)9-13-10(2)15-16(4)11(13)3/h5,12H,1,6-9,14H2,2-4H3. The number of hydrogen-bond acceptors (Lipinski definition) is 2. The molecule has 3 nitrogen and oxygen atoms in total. The maximum atomic E-state index is 6.12. The molecule has 1 unspecified atom stereocenters. The highest BCUT2D eigenvalue weighted by Gasteiger charge is 2.12. The van der Waals surface area contributed by atoms with Gasteiger partial charge < -0.3 is 5.73 Å². The molecular weight excluding hydrogens is 198 g/mol. The second kappa shape index (κ2) is 5.85. The van der Waals surface area contributed by atoms with Gasteiger partial charge in [0.2, 0.25) is 0 Å². The molecule has 0 spiro atoms. The predicted molar refractivity (Wildman–Crippen MR) is 68.4 cm³/mol. The van der Waals surface area contributed by atoms with Gasteiger partial charge in [0.1, 0.15) is 0 Å². The zero-order valence-corrected chi connectivity index (χ0v) is 10.7. The van der Waals surface area contributed by atoms with Crippen LogP contribution in [0.25, 0.3) is 0 Å². The van der Waals surface area contributed by atoms with Crippen LogP contribution in [0.4, 0.5) is 0 Å². The Morgan fingerprint density at radius 2 is 2.19 bits per heavy atom. The largest absolute Gasteiger partial charge is 0.327 e. The summed E-state index contributed by atoms with van der Waals surface area (Å²) in [7, 11) is 1.98. The second-order valence-corrected chi connectivity index (χ2v) is 4.46. The van der Waals surface area contributed by atoms with Gasteiger partial charge in [-0.15, -0.1) is 6.58 Å². The summed E-state index contributed by atoms with van der Waals surface area (Å²) >= 11 is 0. The van der Waals surface area contributed by atoms with E-state index in [0.717, 1.165) is 31.4 Å². The minimum atomic E-state index is 0.238. The van der Waals surface area contributed by atoms with Crippen LogP contribution < -0.4 is 5.73 Å². The Balaban J connectivity index is 2.55. The van der Waals surface area contributed by atoms with Gasteiger partial charge in [-0.05, 0) is 45.1 Å². The lowest BCUT2D eigenvalue weighted by Gasteiger charge is -2.11. The maximum absolute atomic E-state index is 6.12. The highest BCUT2D eigenvalue weighted by Crippen LogP contribution is 2.15. The van der Waals surface area contributed by atoms with Gasteiger partial charge in [-0.25, -0.2) is 0 Å². The molecule has 0 saturated heterocycles. The Hall–Kier alpha value is -1.09. The van der Waals surface area contributed by atoms with E-state index >= 15 is 0 Å². The van der Waals surface area contributed by atoms with Crippen molar-refractivity contribution in [2.75, 3.05) is 0 Å². The van der Waals surface area contributed by atoms with Gasteiger partial charge in [0.25, 0.3) is 0 Å². The van der Waals surface area contributed by atoms with E-state index in [1.54, 1.807) is 0 Å². The Labute approximate surface area is 98.3 Å². The van der Waals surface area contributed by atoms with E-state index in [-0.39, 0.29) is 6.04 Å². The Morgan fingerprint density at radius 1 is 1.50 bits per heavy atom. The summed E-state index contributed by atoms with van der Waals surface area (Å²) in [5, 5.41) is 4.41. The summed E-state index contributed by atoms with van der Waals surface area (Å²) in [6.07, 6.45) is 6.12. The molecular formula is C13H23N3. The van der Waals surface area contributed by atoms with E-state index in [9.17, 15) is 0 Å². The zero-order chi connectivity index (χ0) is 12.1. The van der Waals surface area contributed by atoms with Gasteiger partial charge in [0, 0.05) is 18.8 Å². The number of allylic oxidation sites excluding steroid dienone is 1. The Kier molecular flexibility index (Phi) is 4.74. The Morgan fingerprint density at radius 3 is 2.69 bits per heavy atom. The molecule has 0 aliphatic rings. The molecule has 1 heterocycles. The van der Waals surface area contributed by atoms with Crippen LogP contribution >= 0.6 is 0 Å². The molecule has 0 aliphatic heterocycles. The molecule has 0 amide bonds. The smallest absolute Gasteiger partial charge is 0.0628 e. The summed E-state index contributed by atoms with van der Waals surface area (Å²) < 4.78 is 1.93. The molecule has 1 aromatic rings. The van der Waals surface area contributed by atoms with Crippen molar-refractivity contribution in [3.8, 4) is 0 Å². The van der Waals surface area contributed by atoms with E-state index in [4.69, 9.17) is 5.73 Å². The molecule has 2 N–H and O–H groups in total. The van der Waals surface area contributed by atoms with Gasteiger partial charge in [-0.2, -0.15) is 5.10 Å². The van der Waals surface area contributed by atoms with Crippen LogP contribution in [0.2, 0.25) is 0 Å². The minimum Gasteiger partial charge on any atom is -0.327 e. The van der Waals surface area contributed by atoms with Crippen LogP contribution in [0, 0.1) is 13.8 Å². The van der Waals surface area contributed by atoms with E-state index in [1.807, 2.05) is 17.8 Å². The fourth-order valence-corrected chi connectivity index (χ4v) is 2.00. The van der Waals surface area contributed by atoms with Crippen LogP contribution in [0.3, 0.4) is 0 Å². The first kappa shape index (κ1) is 13.0. The van der Waals surface area contributed by atoms with Crippen LogP contribution in [0.1, 0.15) is 36.2 Å². The zero-order valence-electron chi connectivity index (χ0n) is 10.7. The number of nitrogens with zero attached hydrogens (tertiary/aromatic N) is 2. The molecule has 16 heavy (non-hydrogen) atoms. The molecule has 0 bridgehead atoms. The first-order valence-electron chi connectivity index (χ1n) is 5.91. The van der Waals surface area contributed by atoms with Crippen molar-refractivity contribution in [3.63, 3.8) is 0 Å². The first-order valence-corrected chi connectivity index (χ1v) is 5.91. The lowest BCUT2D eigenvalue weighted by Crippen LogP contribution is -2.23. The van der Waals surface area contributed by atoms with Gasteiger partial charge in [0.15, 0.2) is 0 Å². The van der Waals surface area contributed by atoms with Crippen LogP contribution in [0.15, 0.2) is 12.7 Å². The van der Waals surface area contributed by atoms with E-state index in [2.05, 4.69) is 25.5 Å². The SMILES string of the molecule is C=CCCCC(N)Cc1c(C)nn(C)c1C. The predicted octanol–water partition coefficient (Wildman–Crippen LogP) is 2.26. The highest BCUT2D eigenvalue weighted by molar-refractivity contribution is 5.25. The molecule has 1 rings (SSSR count). The number of aryl methyl sites for hydroxylation is 2. The lowest BCUT2D eigenvalue weighted by atomic mass is 10.0. The fraction of sp³-hybridized carbons (Fsp3) is 0.615. The number of unbranched alkanes of at least 4 members (excludes halogenated alkanes) is 1. The second-order valence-electron chi connectivity index (χ2n) is 4.46. The van der Waals surface area contributed by atoms with Crippen molar-refractivity contribution in [2.24, 2.45) is 12.8 Å². The molecule has 1 aromatic heterocycles. The molecule has 0 aromatic carbocycles. The molecule has 0 saturated carbocycles. The third kappa shape index (κ3) is 3.20. The molecule has 0 radical (unpaired) electrons. The van der Waals surface area contributed by atoms with Crippen LogP contribution in [-0.4, -0.2) is 15.8 Å². The van der Waals surface area contributed by atoms with Crippen LogP contribution in [0.5, 0.6) is 0 Å². The van der Waals surface area contributed by atoms with Gasteiger partial charge >= 0.3 is 0 Å². The Bertz CT molecular complexity index is 352. The highest BCUT2D eigenvalue weighted by atomic mass is 15.3. The van der Waals surface area contributed by atoms with Crippen molar-refractivity contribution in [1.29, 1.82) is 0 Å². The van der Waals surface area contributed by atoms with Crippen molar-refractivity contribution >= 4 is 0 Å². The minimum absolute atomic E-state index is 0.238. The average molecular weight is 221 g/mol. The fourth-order valence-electron chi connectivity index (χ4n) is 2.00. The number of aromatic nitrogens is 2. The van der Waals surface area contributed by atoms with Gasteiger partial charge in [-0.3, -0.25) is 4.68 Å². The molecule has 1 atom stereocenters. The van der Waals surface area contributed by atoms with E-state index in [1.165, 1.54) is 11.3 Å². The van der Waals surface area contributed by atoms with E-state index in [0.29, 0.717) is 0 Å². The lowest BCUT2D eigenvalue weighted by molar-refractivity contribution is 0.581. The summed E-state index contributed by atoms with van der Waals surface area (Å²) in [6.45, 7) is 7.88. The molecule has 90 valence electrons. The molecule has 0 aliphatic carbocycles. The monoisotopic (exact) mass is 221 g/mol.